The Kier molecular flexibility index (Phi) is 6.84. The summed E-state index contributed by atoms with van der Waals surface area (Å²) in [5.74, 6) is -0.605. The van der Waals surface area contributed by atoms with Crippen molar-refractivity contribution in [2.75, 3.05) is 6.54 Å². The highest BCUT2D eigenvalue weighted by atomic mass is 32.2. The van der Waals surface area contributed by atoms with Gasteiger partial charge in [0.05, 0.1) is 10.5 Å². The summed E-state index contributed by atoms with van der Waals surface area (Å²) in [6.07, 6.45) is -4.11. The van der Waals surface area contributed by atoms with E-state index in [-0.39, 0.29) is 23.0 Å². The molecule has 0 aliphatic heterocycles. The van der Waals surface area contributed by atoms with E-state index in [0.717, 1.165) is 17.7 Å². The number of amides is 1. The molecule has 5 nitrogen and oxygen atoms in total. The van der Waals surface area contributed by atoms with Crippen LogP contribution in [0.25, 0.3) is 0 Å². The van der Waals surface area contributed by atoms with E-state index in [4.69, 9.17) is 0 Å². The molecule has 2 rings (SSSR count). The molecule has 0 aliphatic rings. The number of halogens is 3. The van der Waals surface area contributed by atoms with Crippen LogP contribution in [0.2, 0.25) is 0 Å². The van der Waals surface area contributed by atoms with Gasteiger partial charge in [-0.05, 0) is 56.2 Å². The molecule has 0 spiro atoms. The number of rotatable bonds is 7. The van der Waals surface area contributed by atoms with Gasteiger partial charge in [0.25, 0.3) is 5.91 Å². The molecule has 2 N–H and O–H groups in total. The third-order valence-electron chi connectivity index (χ3n) is 3.78. The van der Waals surface area contributed by atoms with Crippen molar-refractivity contribution in [1.29, 1.82) is 0 Å². The fourth-order valence-electron chi connectivity index (χ4n) is 2.47. The molecule has 0 radical (unpaired) electrons. The Labute approximate surface area is 162 Å². The van der Waals surface area contributed by atoms with Gasteiger partial charge in [-0.1, -0.05) is 18.2 Å². The highest BCUT2D eigenvalue weighted by Crippen LogP contribution is 2.29. The molecule has 0 atom stereocenters. The SMILES string of the molecule is CC(C)NS(=O)(=O)c1ccc(CCNC(=O)c2cccc(C(F)(F)F)c2)cc1. The number of carbonyl (C=O) groups is 1. The zero-order chi connectivity index (χ0) is 20.9. The van der Waals surface area contributed by atoms with E-state index >= 15 is 0 Å². The van der Waals surface area contributed by atoms with Gasteiger partial charge < -0.3 is 5.32 Å². The smallest absolute Gasteiger partial charge is 0.352 e. The Morgan fingerprint density at radius 3 is 2.29 bits per heavy atom. The first-order chi connectivity index (χ1) is 13.0. The third kappa shape index (κ3) is 6.07. The molecular weight excluding hydrogens is 393 g/mol. The number of hydrogen-bond donors (Lipinski definition) is 2. The standard InChI is InChI=1S/C19H21F3N2O3S/c1-13(2)24-28(26,27)17-8-6-14(7-9-17)10-11-23-18(25)15-4-3-5-16(12-15)19(20,21)22/h3-9,12-13,24H,10-11H2,1-2H3,(H,23,25). The van der Waals surface area contributed by atoms with Crippen molar-refractivity contribution in [3.05, 3.63) is 65.2 Å². The van der Waals surface area contributed by atoms with Gasteiger partial charge in [0, 0.05) is 18.2 Å². The number of nitrogens with one attached hydrogen (secondary N) is 2. The Bertz CT molecular complexity index is 924. The van der Waals surface area contributed by atoms with E-state index in [2.05, 4.69) is 10.0 Å². The van der Waals surface area contributed by atoms with Gasteiger partial charge in [-0.15, -0.1) is 0 Å². The van der Waals surface area contributed by atoms with Gasteiger partial charge >= 0.3 is 6.18 Å². The predicted molar refractivity (Wildman–Crippen MR) is 99.4 cm³/mol. The molecule has 0 saturated heterocycles. The summed E-state index contributed by atoms with van der Waals surface area (Å²) in [6.45, 7) is 3.64. The summed E-state index contributed by atoms with van der Waals surface area (Å²) < 4.78 is 64.7. The highest BCUT2D eigenvalue weighted by molar-refractivity contribution is 7.89. The monoisotopic (exact) mass is 414 g/mol. The Morgan fingerprint density at radius 1 is 1.07 bits per heavy atom. The van der Waals surface area contributed by atoms with Crippen molar-refractivity contribution >= 4 is 15.9 Å². The van der Waals surface area contributed by atoms with Crippen LogP contribution >= 0.6 is 0 Å². The maximum absolute atomic E-state index is 12.7. The Balaban J connectivity index is 1.94. The van der Waals surface area contributed by atoms with Gasteiger partial charge in [-0.2, -0.15) is 13.2 Å². The van der Waals surface area contributed by atoms with Crippen LogP contribution in [0.5, 0.6) is 0 Å². The molecule has 0 aromatic heterocycles. The van der Waals surface area contributed by atoms with Crippen molar-refractivity contribution in [1.82, 2.24) is 10.0 Å². The molecule has 9 heteroatoms. The van der Waals surface area contributed by atoms with Gasteiger partial charge in [0.1, 0.15) is 0 Å². The molecule has 1 amide bonds. The number of carbonyl (C=O) groups excluding carboxylic acids is 1. The van der Waals surface area contributed by atoms with Crippen LogP contribution < -0.4 is 10.0 Å². The molecule has 0 heterocycles. The molecule has 0 bridgehead atoms. The maximum Gasteiger partial charge on any atom is 0.416 e. The summed E-state index contributed by atoms with van der Waals surface area (Å²) in [5.41, 5.74) is -0.171. The quantitative estimate of drug-likeness (QED) is 0.730. The van der Waals surface area contributed by atoms with E-state index in [1.54, 1.807) is 26.0 Å². The lowest BCUT2D eigenvalue weighted by molar-refractivity contribution is -0.137. The van der Waals surface area contributed by atoms with E-state index in [9.17, 15) is 26.4 Å². The molecule has 0 saturated carbocycles. The van der Waals surface area contributed by atoms with Crippen LogP contribution in [-0.2, 0) is 22.6 Å². The van der Waals surface area contributed by atoms with Crippen LogP contribution in [0.3, 0.4) is 0 Å². The van der Waals surface area contributed by atoms with Crippen LogP contribution in [-0.4, -0.2) is 26.9 Å². The van der Waals surface area contributed by atoms with Crippen molar-refractivity contribution < 1.29 is 26.4 Å². The third-order valence-corrected chi connectivity index (χ3v) is 5.45. The van der Waals surface area contributed by atoms with Crippen molar-refractivity contribution in [3.63, 3.8) is 0 Å². The van der Waals surface area contributed by atoms with Gasteiger partial charge in [0.2, 0.25) is 10.0 Å². The number of benzene rings is 2. The van der Waals surface area contributed by atoms with Crippen LogP contribution in [0, 0.1) is 0 Å². The molecule has 0 aliphatic carbocycles. The summed E-state index contributed by atoms with van der Waals surface area (Å²) in [5, 5.41) is 2.56. The first-order valence-electron chi connectivity index (χ1n) is 8.56. The second-order valence-electron chi connectivity index (χ2n) is 6.50. The van der Waals surface area contributed by atoms with Crippen molar-refractivity contribution in [2.45, 2.75) is 37.4 Å². The lowest BCUT2D eigenvalue weighted by Gasteiger charge is -2.11. The fourth-order valence-corrected chi connectivity index (χ4v) is 3.72. The highest BCUT2D eigenvalue weighted by Gasteiger charge is 2.30. The molecular formula is C19H21F3N2O3S. The number of sulfonamides is 1. The van der Waals surface area contributed by atoms with E-state index in [1.165, 1.54) is 24.3 Å². The van der Waals surface area contributed by atoms with Crippen molar-refractivity contribution in [2.24, 2.45) is 0 Å². The minimum Gasteiger partial charge on any atom is -0.352 e. The molecule has 0 fully saturated rings. The van der Waals surface area contributed by atoms with E-state index < -0.39 is 27.7 Å². The van der Waals surface area contributed by atoms with Gasteiger partial charge in [-0.3, -0.25) is 4.79 Å². The Morgan fingerprint density at radius 2 is 1.71 bits per heavy atom. The first-order valence-corrected chi connectivity index (χ1v) is 10.0. The largest absolute Gasteiger partial charge is 0.416 e. The average molecular weight is 414 g/mol. The molecule has 152 valence electrons. The maximum atomic E-state index is 12.7. The normalized spacial score (nSPS) is 12.2. The summed E-state index contributed by atoms with van der Waals surface area (Å²) >= 11 is 0. The molecule has 2 aromatic carbocycles. The average Bonchev–Trinajstić information content (AvgIpc) is 2.60. The second-order valence-corrected chi connectivity index (χ2v) is 8.22. The fraction of sp³-hybridized carbons (Fsp3) is 0.316. The number of hydrogen-bond acceptors (Lipinski definition) is 3. The summed E-state index contributed by atoms with van der Waals surface area (Å²) in [4.78, 5) is 12.2. The van der Waals surface area contributed by atoms with E-state index in [1.807, 2.05) is 0 Å². The van der Waals surface area contributed by atoms with Crippen LogP contribution in [0.4, 0.5) is 13.2 Å². The lowest BCUT2D eigenvalue weighted by atomic mass is 10.1. The van der Waals surface area contributed by atoms with E-state index in [0.29, 0.717) is 6.42 Å². The minimum atomic E-state index is -4.51. The summed E-state index contributed by atoms with van der Waals surface area (Å²) in [6, 6.07) is 10.2. The predicted octanol–water partition coefficient (Wildman–Crippen LogP) is 3.36. The zero-order valence-corrected chi connectivity index (χ0v) is 16.2. The van der Waals surface area contributed by atoms with Gasteiger partial charge in [-0.25, -0.2) is 13.1 Å². The lowest BCUT2D eigenvalue weighted by Crippen LogP contribution is -2.30. The minimum absolute atomic E-state index is 0.0731. The Hall–Kier alpha value is -2.39. The van der Waals surface area contributed by atoms with Gasteiger partial charge in [0.15, 0.2) is 0 Å². The number of alkyl halides is 3. The molecule has 2 aromatic rings. The van der Waals surface area contributed by atoms with Crippen molar-refractivity contribution in [3.8, 4) is 0 Å². The first kappa shape index (κ1) is 21.9. The zero-order valence-electron chi connectivity index (χ0n) is 15.4. The second kappa shape index (κ2) is 8.74. The molecule has 28 heavy (non-hydrogen) atoms. The summed E-state index contributed by atoms with van der Waals surface area (Å²) in [7, 11) is -3.57. The van der Waals surface area contributed by atoms with Crippen LogP contribution in [0.1, 0.15) is 35.3 Å². The van der Waals surface area contributed by atoms with Crippen LogP contribution in [0.15, 0.2) is 53.4 Å². The topological polar surface area (TPSA) is 75.3 Å². The molecule has 0 unspecified atom stereocenters.